The summed E-state index contributed by atoms with van der Waals surface area (Å²) in [5.74, 6) is -0.0226. The van der Waals surface area contributed by atoms with Gasteiger partial charge in [0.2, 0.25) is 0 Å². The molecule has 0 bridgehead atoms. The monoisotopic (exact) mass is 191 g/mol. The molecule has 0 aliphatic carbocycles. The Morgan fingerprint density at radius 1 is 1.07 bits per heavy atom. The maximum absolute atomic E-state index is 12.0. The highest BCUT2D eigenvalue weighted by Gasteiger charge is 1.85. The van der Waals surface area contributed by atoms with Gasteiger partial charge in [-0.25, -0.2) is 9.37 Å². The largest absolute Gasteiger partial charge is 0.384 e. The minimum atomic E-state index is -0.362. The van der Waals surface area contributed by atoms with Crippen LogP contribution in [0, 0.1) is 5.82 Å². The van der Waals surface area contributed by atoms with Crippen molar-refractivity contribution in [2.45, 2.75) is 0 Å². The van der Waals surface area contributed by atoms with E-state index in [4.69, 9.17) is 5.73 Å². The van der Waals surface area contributed by atoms with Crippen LogP contribution in [0.4, 0.5) is 10.2 Å². The van der Waals surface area contributed by atoms with E-state index in [2.05, 4.69) is 9.97 Å². The molecule has 2 rings (SSSR count). The Kier molecular flexibility index (Phi) is 4.07. The van der Waals surface area contributed by atoms with Gasteiger partial charge < -0.3 is 5.73 Å². The molecule has 0 amide bonds. The van der Waals surface area contributed by atoms with Gasteiger partial charge in [0, 0.05) is 12.4 Å². The van der Waals surface area contributed by atoms with Gasteiger partial charge in [0.25, 0.3) is 0 Å². The lowest BCUT2D eigenvalue weighted by Gasteiger charge is -1.86. The second-order valence-electron chi connectivity index (χ2n) is 2.43. The molecule has 0 aliphatic rings. The van der Waals surface area contributed by atoms with Gasteiger partial charge >= 0.3 is 0 Å². The quantitative estimate of drug-likeness (QED) is 0.691. The lowest BCUT2D eigenvalue weighted by atomic mass is 10.5. The van der Waals surface area contributed by atoms with Crippen molar-refractivity contribution in [3.8, 4) is 0 Å². The Labute approximate surface area is 81.4 Å². The predicted molar refractivity (Wildman–Crippen MR) is 52.8 cm³/mol. The molecule has 0 aromatic carbocycles. The molecule has 0 saturated carbocycles. The first-order valence-electron chi connectivity index (χ1n) is 4.01. The second kappa shape index (κ2) is 5.64. The number of pyridine rings is 2. The third-order valence-electron chi connectivity index (χ3n) is 1.32. The maximum Gasteiger partial charge on any atom is 0.141 e. The molecule has 2 N–H and O–H groups in total. The van der Waals surface area contributed by atoms with Crippen molar-refractivity contribution in [2.75, 3.05) is 5.73 Å². The van der Waals surface area contributed by atoms with Crippen molar-refractivity contribution < 1.29 is 4.39 Å². The smallest absolute Gasteiger partial charge is 0.141 e. The Bertz CT molecular complexity index is 300. The Hall–Kier alpha value is -1.97. The Balaban J connectivity index is 0.000000146. The number of rotatable bonds is 0. The van der Waals surface area contributed by atoms with Gasteiger partial charge in [-0.15, -0.1) is 0 Å². The minimum Gasteiger partial charge on any atom is -0.384 e. The van der Waals surface area contributed by atoms with Crippen molar-refractivity contribution in [1.29, 1.82) is 0 Å². The third kappa shape index (κ3) is 4.15. The van der Waals surface area contributed by atoms with Crippen molar-refractivity contribution in [2.24, 2.45) is 0 Å². The average molecular weight is 191 g/mol. The SMILES string of the molecule is Nc1ccc(F)cn1.c1ccncc1. The number of hydrogen-bond donors (Lipinski definition) is 1. The zero-order valence-corrected chi connectivity index (χ0v) is 7.47. The summed E-state index contributed by atoms with van der Waals surface area (Å²) in [5.41, 5.74) is 5.15. The van der Waals surface area contributed by atoms with Gasteiger partial charge in [-0.05, 0) is 24.3 Å². The van der Waals surface area contributed by atoms with E-state index in [9.17, 15) is 4.39 Å². The average Bonchev–Trinajstić information content (AvgIpc) is 2.26. The van der Waals surface area contributed by atoms with E-state index in [1.807, 2.05) is 18.2 Å². The fourth-order valence-corrected chi connectivity index (χ4v) is 0.700. The molecule has 0 spiro atoms. The molecule has 0 aliphatic heterocycles. The topological polar surface area (TPSA) is 51.8 Å². The normalized spacial score (nSPS) is 8.64. The standard InChI is InChI=1S/C5H5FN2.C5H5N/c6-4-1-2-5(7)8-3-4;1-2-4-6-5-3-1/h1-3H,(H2,7,8);1-5H. The second-order valence-corrected chi connectivity index (χ2v) is 2.43. The molecule has 2 aromatic heterocycles. The molecule has 0 radical (unpaired) electrons. The first kappa shape index (κ1) is 10.1. The summed E-state index contributed by atoms with van der Waals surface area (Å²) in [6, 6.07) is 8.39. The van der Waals surface area contributed by atoms with Crippen LogP contribution < -0.4 is 5.73 Å². The van der Waals surface area contributed by atoms with E-state index in [-0.39, 0.29) is 5.82 Å². The fraction of sp³-hybridized carbons (Fsp3) is 0. The molecule has 2 aromatic rings. The molecule has 0 fully saturated rings. The van der Waals surface area contributed by atoms with Crippen molar-refractivity contribution in [3.63, 3.8) is 0 Å². The van der Waals surface area contributed by atoms with Crippen molar-refractivity contribution in [3.05, 3.63) is 54.7 Å². The molecule has 0 saturated heterocycles. The summed E-state index contributed by atoms with van der Waals surface area (Å²) in [6.45, 7) is 0. The van der Waals surface area contributed by atoms with E-state index in [0.717, 1.165) is 6.20 Å². The van der Waals surface area contributed by atoms with Crippen molar-refractivity contribution in [1.82, 2.24) is 9.97 Å². The lowest BCUT2D eigenvalue weighted by Crippen LogP contribution is -1.87. The number of aromatic nitrogens is 2. The summed E-state index contributed by atoms with van der Waals surface area (Å²) in [5, 5.41) is 0. The Morgan fingerprint density at radius 2 is 1.79 bits per heavy atom. The summed E-state index contributed by atoms with van der Waals surface area (Å²) < 4.78 is 12.0. The fourth-order valence-electron chi connectivity index (χ4n) is 0.700. The van der Waals surface area contributed by atoms with Crippen molar-refractivity contribution >= 4 is 5.82 Å². The van der Waals surface area contributed by atoms with Gasteiger partial charge in [-0.1, -0.05) is 6.07 Å². The van der Waals surface area contributed by atoms with Crippen LogP contribution in [0.25, 0.3) is 0 Å². The van der Waals surface area contributed by atoms with Gasteiger partial charge in [0.1, 0.15) is 11.6 Å². The first-order chi connectivity index (χ1) is 6.79. The van der Waals surface area contributed by atoms with E-state index >= 15 is 0 Å². The van der Waals surface area contributed by atoms with Crippen LogP contribution in [-0.2, 0) is 0 Å². The molecule has 2 heterocycles. The Morgan fingerprint density at radius 3 is 2.07 bits per heavy atom. The number of nitrogens with zero attached hydrogens (tertiary/aromatic N) is 2. The minimum absolute atomic E-state index is 0.339. The zero-order chi connectivity index (χ0) is 10.2. The summed E-state index contributed by atoms with van der Waals surface area (Å²) in [7, 11) is 0. The van der Waals surface area contributed by atoms with E-state index in [1.54, 1.807) is 12.4 Å². The van der Waals surface area contributed by atoms with E-state index < -0.39 is 0 Å². The highest BCUT2D eigenvalue weighted by Crippen LogP contribution is 1.96. The molecule has 0 atom stereocenters. The predicted octanol–water partition coefficient (Wildman–Crippen LogP) is 1.88. The number of hydrogen-bond acceptors (Lipinski definition) is 3. The summed E-state index contributed by atoms with van der Waals surface area (Å²) in [6.07, 6.45) is 4.58. The summed E-state index contributed by atoms with van der Waals surface area (Å²) >= 11 is 0. The molecule has 0 unspecified atom stereocenters. The number of nitrogens with two attached hydrogens (primary N) is 1. The third-order valence-corrected chi connectivity index (χ3v) is 1.32. The van der Waals surface area contributed by atoms with Crippen LogP contribution >= 0.6 is 0 Å². The van der Waals surface area contributed by atoms with Gasteiger partial charge in [-0.2, -0.15) is 0 Å². The molecule has 4 heteroatoms. The molecule has 3 nitrogen and oxygen atoms in total. The van der Waals surface area contributed by atoms with Crippen LogP contribution in [0.5, 0.6) is 0 Å². The molecule has 14 heavy (non-hydrogen) atoms. The number of nitrogen functional groups attached to an aromatic ring is 1. The van der Waals surface area contributed by atoms with Crippen LogP contribution in [0.3, 0.4) is 0 Å². The van der Waals surface area contributed by atoms with Crippen LogP contribution in [0.15, 0.2) is 48.9 Å². The number of anilines is 1. The van der Waals surface area contributed by atoms with Crippen LogP contribution in [0.1, 0.15) is 0 Å². The van der Waals surface area contributed by atoms with Gasteiger partial charge in [0.05, 0.1) is 6.20 Å². The summed E-state index contributed by atoms with van der Waals surface area (Å²) in [4.78, 5) is 7.27. The van der Waals surface area contributed by atoms with E-state index in [0.29, 0.717) is 5.82 Å². The van der Waals surface area contributed by atoms with Gasteiger partial charge in [0.15, 0.2) is 0 Å². The highest BCUT2D eigenvalue weighted by molar-refractivity contribution is 5.25. The zero-order valence-electron chi connectivity index (χ0n) is 7.47. The maximum atomic E-state index is 12.0. The first-order valence-corrected chi connectivity index (χ1v) is 4.01. The highest BCUT2D eigenvalue weighted by atomic mass is 19.1. The molecular formula is C10H10FN3. The number of halogens is 1. The molecule has 72 valence electrons. The molecular weight excluding hydrogens is 181 g/mol. The van der Waals surface area contributed by atoms with Crippen LogP contribution in [0.2, 0.25) is 0 Å². The van der Waals surface area contributed by atoms with Gasteiger partial charge in [-0.3, -0.25) is 4.98 Å². The van der Waals surface area contributed by atoms with Crippen LogP contribution in [-0.4, -0.2) is 9.97 Å². The van der Waals surface area contributed by atoms with E-state index in [1.165, 1.54) is 12.1 Å². The lowest BCUT2D eigenvalue weighted by molar-refractivity contribution is 0.622.